The Morgan fingerprint density at radius 2 is 1.52 bits per heavy atom. The number of rotatable bonds is 8. The standard InChI is InChI=1S/C15H14N.C12H18N.CH3.Al/c1-12-6-5-9-15(10-12)16-11-14-8-4-3-7-13(14)2;1-8(2)10-6-5-7-11(9(3)4)12(10)13;;/h3-11H,2H2,1H3;5-9,13H,1-4H3;1H3;/q;-1;;+1. The van der Waals surface area contributed by atoms with Crippen LogP contribution in [0.5, 0.6) is 0 Å². The smallest absolute Gasteiger partial charge is 0.412 e. The molecular formula is C28H35AlN2. The summed E-state index contributed by atoms with van der Waals surface area (Å²) in [6.07, 6.45) is 2.02. The number of nitrogens with one attached hydrogen (secondary N) is 1. The molecule has 0 aliphatic heterocycles. The van der Waals surface area contributed by atoms with Crippen LogP contribution in [0.15, 0.2) is 71.7 Å². The lowest BCUT2D eigenvalue weighted by Gasteiger charge is -2.23. The first-order valence-corrected chi connectivity index (χ1v) is 14.0. The second-order valence-corrected chi connectivity index (χ2v) is 11.7. The molecule has 0 saturated carbocycles. The van der Waals surface area contributed by atoms with E-state index in [4.69, 9.17) is 4.99 Å². The summed E-state index contributed by atoms with van der Waals surface area (Å²) in [5.41, 5.74) is 9.06. The van der Waals surface area contributed by atoms with Crippen molar-refractivity contribution in [2.24, 2.45) is 4.99 Å². The molecule has 0 aliphatic rings. The van der Waals surface area contributed by atoms with Gasteiger partial charge in [-0.3, -0.25) is 4.99 Å². The molecular weight excluding hydrogens is 391 g/mol. The summed E-state index contributed by atoms with van der Waals surface area (Å²) in [6.45, 7) is 11.2. The molecule has 0 aliphatic carbocycles. The monoisotopic (exact) mass is 426 g/mol. The maximum atomic E-state index is 4.73. The zero-order valence-electron chi connectivity index (χ0n) is 19.8. The predicted octanol–water partition coefficient (Wildman–Crippen LogP) is 7.81. The van der Waals surface area contributed by atoms with E-state index in [9.17, 15) is 0 Å². The van der Waals surface area contributed by atoms with Gasteiger partial charge in [0.2, 0.25) is 0 Å². The van der Waals surface area contributed by atoms with Crippen LogP contribution in [0.1, 0.15) is 67.3 Å². The highest BCUT2D eigenvalue weighted by atomic mass is 27.2. The van der Waals surface area contributed by atoms with Crippen LogP contribution in [0.4, 0.5) is 11.4 Å². The van der Waals surface area contributed by atoms with Gasteiger partial charge in [-0.2, -0.15) is 0 Å². The molecule has 0 saturated heterocycles. The first-order chi connectivity index (χ1) is 14.8. The van der Waals surface area contributed by atoms with Gasteiger partial charge in [-0.25, -0.2) is 0 Å². The Morgan fingerprint density at radius 1 is 0.871 bits per heavy atom. The first kappa shape index (κ1) is 23.3. The highest BCUT2D eigenvalue weighted by Gasteiger charge is 2.20. The van der Waals surface area contributed by atoms with Crippen LogP contribution in [0.25, 0.3) is 0 Å². The van der Waals surface area contributed by atoms with E-state index in [0.717, 1.165) is 11.0 Å². The molecule has 0 fully saturated rings. The highest BCUT2D eigenvalue weighted by Crippen LogP contribution is 2.32. The Morgan fingerprint density at radius 3 is 2.16 bits per heavy atom. The van der Waals surface area contributed by atoms with Crippen molar-refractivity contribution in [2.75, 3.05) is 4.30 Å². The minimum atomic E-state index is -1.24. The van der Waals surface area contributed by atoms with E-state index in [1.807, 2.05) is 6.21 Å². The van der Waals surface area contributed by atoms with Crippen LogP contribution in [-0.2, 0) is 5.28 Å². The minimum absolute atomic E-state index is 0.510. The van der Waals surface area contributed by atoms with Gasteiger partial charge in [-0.1, -0.05) is 93.6 Å². The summed E-state index contributed by atoms with van der Waals surface area (Å²) < 4.78 is 3.99. The van der Waals surface area contributed by atoms with E-state index in [1.54, 1.807) is 0 Å². The van der Waals surface area contributed by atoms with Crippen molar-refractivity contribution < 1.29 is 0 Å². The van der Waals surface area contributed by atoms with Gasteiger partial charge in [0.25, 0.3) is 0 Å². The van der Waals surface area contributed by atoms with Crippen LogP contribution in [0, 0.1) is 6.92 Å². The molecule has 0 aromatic heterocycles. The Hall–Kier alpha value is -2.34. The molecule has 0 bridgehead atoms. The summed E-state index contributed by atoms with van der Waals surface area (Å²) in [4.78, 5) is 4.73. The molecule has 1 N–H and O–H groups in total. The van der Waals surface area contributed by atoms with Gasteiger partial charge >= 0.3 is 14.4 Å². The van der Waals surface area contributed by atoms with E-state index in [2.05, 4.69) is 111 Å². The molecule has 3 aromatic rings. The van der Waals surface area contributed by atoms with Crippen molar-refractivity contribution in [1.29, 1.82) is 0 Å². The summed E-state index contributed by atoms with van der Waals surface area (Å²) in [7, 11) is 0. The van der Waals surface area contributed by atoms with Gasteiger partial charge in [0.1, 0.15) is 0 Å². The topological polar surface area (TPSA) is 24.4 Å². The van der Waals surface area contributed by atoms with Gasteiger partial charge < -0.3 is 4.30 Å². The quantitative estimate of drug-likeness (QED) is 0.288. The Labute approximate surface area is 193 Å². The molecule has 0 unspecified atom stereocenters. The summed E-state index contributed by atoms with van der Waals surface area (Å²) >= 11 is -1.24. The van der Waals surface area contributed by atoms with Crippen LogP contribution >= 0.6 is 0 Å². The molecule has 0 radical (unpaired) electrons. The van der Waals surface area contributed by atoms with Gasteiger partial charge in [0.05, 0.1) is 5.69 Å². The SMILES string of the molecule is Cc1cccc(N=Cc2ccccc2[CH2][Al]([CH3])[NH]c2c(C(C)C)cccc2C(C)C)c1. The molecule has 0 atom stereocenters. The molecule has 31 heavy (non-hydrogen) atoms. The Balaban J connectivity index is 1.82. The molecule has 0 amide bonds. The van der Waals surface area contributed by atoms with Gasteiger partial charge in [0, 0.05) is 11.9 Å². The molecule has 2 nitrogen and oxygen atoms in total. The van der Waals surface area contributed by atoms with E-state index in [1.165, 1.54) is 33.5 Å². The lowest BCUT2D eigenvalue weighted by Crippen LogP contribution is -2.26. The normalized spacial score (nSPS) is 11.5. The molecule has 3 aromatic carbocycles. The Bertz CT molecular complexity index is 1010. The van der Waals surface area contributed by atoms with Crippen molar-refractivity contribution in [3.63, 3.8) is 0 Å². The van der Waals surface area contributed by atoms with E-state index < -0.39 is 14.4 Å². The van der Waals surface area contributed by atoms with Gasteiger partial charge in [0.15, 0.2) is 0 Å². The zero-order chi connectivity index (χ0) is 22.4. The number of aliphatic imine (C=N–C) groups is 1. The first-order valence-electron chi connectivity index (χ1n) is 11.4. The second kappa shape index (κ2) is 10.8. The predicted molar refractivity (Wildman–Crippen MR) is 138 cm³/mol. The number of aryl methyl sites for hydroxylation is 1. The third-order valence-electron chi connectivity index (χ3n) is 5.70. The zero-order valence-corrected chi connectivity index (χ0v) is 21.0. The molecule has 3 heteroatoms. The average molecular weight is 427 g/mol. The summed E-state index contributed by atoms with van der Waals surface area (Å²) in [6, 6.07) is 23.8. The lowest BCUT2D eigenvalue weighted by molar-refractivity contribution is 0.839. The van der Waals surface area contributed by atoms with Gasteiger partial charge in [-0.15, -0.1) is 0 Å². The second-order valence-electron chi connectivity index (χ2n) is 9.17. The number of hydrogen-bond donors (Lipinski definition) is 1. The number of para-hydroxylation sites is 1. The van der Waals surface area contributed by atoms with E-state index in [-0.39, 0.29) is 0 Å². The maximum Gasteiger partial charge on any atom is 0.412 e. The fourth-order valence-electron chi connectivity index (χ4n) is 4.04. The average Bonchev–Trinajstić information content (AvgIpc) is 2.73. The van der Waals surface area contributed by atoms with Crippen molar-refractivity contribution in [3.05, 3.63) is 94.5 Å². The van der Waals surface area contributed by atoms with Crippen LogP contribution < -0.4 is 4.30 Å². The number of nitrogens with zero attached hydrogens (tertiary/aromatic N) is 1. The molecule has 0 spiro atoms. The van der Waals surface area contributed by atoms with Crippen LogP contribution in [0.3, 0.4) is 0 Å². The molecule has 160 valence electrons. The van der Waals surface area contributed by atoms with Crippen LogP contribution in [-0.4, -0.2) is 20.6 Å². The summed E-state index contributed by atoms with van der Waals surface area (Å²) in [5.74, 6) is 3.43. The highest BCUT2D eigenvalue weighted by molar-refractivity contribution is 6.60. The number of anilines is 1. The third kappa shape index (κ3) is 6.33. The third-order valence-corrected chi connectivity index (χ3v) is 7.53. The van der Waals surface area contributed by atoms with Crippen molar-refractivity contribution in [2.45, 2.75) is 57.5 Å². The van der Waals surface area contributed by atoms with Gasteiger partial charge in [-0.05, 0) is 58.4 Å². The van der Waals surface area contributed by atoms with Crippen molar-refractivity contribution in [3.8, 4) is 0 Å². The lowest BCUT2D eigenvalue weighted by atomic mass is 9.93. The van der Waals surface area contributed by atoms with Crippen LogP contribution in [0.2, 0.25) is 5.79 Å². The number of hydrogen-bond acceptors (Lipinski definition) is 2. The number of benzene rings is 3. The summed E-state index contributed by atoms with van der Waals surface area (Å²) in [5, 5.41) is 1.08. The largest absolute Gasteiger partial charge is 0.476 e. The maximum absolute atomic E-state index is 4.73. The molecule has 0 heterocycles. The van der Waals surface area contributed by atoms with Crippen molar-refractivity contribution in [1.82, 2.24) is 0 Å². The molecule has 3 rings (SSSR count). The van der Waals surface area contributed by atoms with Crippen molar-refractivity contribution >= 4 is 32.0 Å². The fourth-order valence-corrected chi connectivity index (χ4v) is 6.00. The fraction of sp³-hybridized carbons (Fsp3) is 0.321. The Kier molecular flexibility index (Phi) is 8.13. The van der Waals surface area contributed by atoms with E-state index >= 15 is 0 Å². The van der Waals surface area contributed by atoms with E-state index in [0.29, 0.717) is 11.8 Å². The minimum Gasteiger partial charge on any atom is -0.476 e.